The van der Waals surface area contributed by atoms with Crippen molar-refractivity contribution in [1.29, 1.82) is 0 Å². The summed E-state index contributed by atoms with van der Waals surface area (Å²) in [6, 6.07) is 0. The molecule has 0 unspecified atom stereocenters. The van der Waals surface area contributed by atoms with Crippen molar-refractivity contribution in [3.05, 3.63) is 0 Å². The third-order valence-corrected chi connectivity index (χ3v) is 3.08. The minimum absolute atomic E-state index is 0.0619. The molecule has 0 aromatic rings. The Hall–Kier alpha value is -0.280. The van der Waals surface area contributed by atoms with Gasteiger partial charge in [-0.15, -0.1) is 0 Å². The molecule has 5 heteroatoms. The maximum atomic E-state index is 10.9. The monoisotopic (exact) mass is 206 g/mol. The van der Waals surface area contributed by atoms with Gasteiger partial charge in [-0.25, -0.2) is 0 Å². The summed E-state index contributed by atoms with van der Waals surface area (Å²) < 4.78 is 0. The largest absolute Gasteiger partial charge is 0.361 e. The van der Waals surface area contributed by atoms with Crippen LogP contribution >= 0.6 is 0 Å². The standard InChI is InChI=1S/C10H20B2N2O/c1-8(15)6-14(12)7-9(2,3)10(4,5)13-11/h13H,6-7H2,1-5H3. The van der Waals surface area contributed by atoms with Gasteiger partial charge >= 0.3 is 0 Å². The van der Waals surface area contributed by atoms with E-state index < -0.39 is 0 Å². The molecule has 0 aromatic carbocycles. The Labute approximate surface area is 95.8 Å². The first-order valence-electron chi connectivity index (χ1n) is 5.09. The van der Waals surface area contributed by atoms with E-state index in [-0.39, 0.29) is 23.3 Å². The number of rotatable bonds is 6. The van der Waals surface area contributed by atoms with Crippen LogP contribution in [-0.4, -0.2) is 45.2 Å². The van der Waals surface area contributed by atoms with Crippen LogP contribution < -0.4 is 5.23 Å². The normalized spacial score (nSPS) is 13.2. The van der Waals surface area contributed by atoms with Crippen molar-refractivity contribution >= 4 is 21.7 Å². The molecule has 0 heterocycles. The van der Waals surface area contributed by atoms with Gasteiger partial charge in [0.15, 0.2) is 16.0 Å². The summed E-state index contributed by atoms with van der Waals surface area (Å²) in [6.45, 7) is 10.5. The molecule has 0 bridgehead atoms. The van der Waals surface area contributed by atoms with Crippen LogP contribution in [-0.2, 0) is 4.79 Å². The van der Waals surface area contributed by atoms with Crippen molar-refractivity contribution in [1.82, 2.24) is 10.0 Å². The van der Waals surface area contributed by atoms with Crippen LogP contribution in [0.3, 0.4) is 0 Å². The van der Waals surface area contributed by atoms with Gasteiger partial charge in [-0.05, 0) is 32.7 Å². The average Bonchev–Trinajstić information content (AvgIpc) is 2.00. The SMILES string of the molecule is [B]NC(C)(C)C(C)(C)CN([B])CC(C)=O. The lowest BCUT2D eigenvalue weighted by Crippen LogP contribution is -2.55. The van der Waals surface area contributed by atoms with Crippen LogP contribution in [0.5, 0.6) is 0 Å². The molecule has 82 valence electrons. The lowest BCUT2D eigenvalue weighted by molar-refractivity contribution is -0.117. The molecule has 0 amide bonds. The highest BCUT2D eigenvalue weighted by Gasteiger charge is 2.35. The smallest absolute Gasteiger partial charge is 0.183 e. The van der Waals surface area contributed by atoms with Crippen LogP contribution in [0, 0.1) is 5.41 Å². The Bertz CT molecular complexity index is 229. The molecule has 0 saturated carbocycles. The number of nitrogens with zero attached hydrogens (tertiary/aromatic N) is 1. The van der Waals surface area contributed by atoms with Gasteiger partial charge in [0, 0.05) is 12.1 Å². The fourth-order valence-corrected chi connectivity index (χ4v) is 1.24. The summed E-state index contributed by atoms with van der Waals surface area (Å²) in [5, 5.41) is 2.77. The van der Waals surface area contributed by atoms with Crippen molar-refractivity contribution in [3.8, 4) is 0 Å². The number of hydrogen-bond acceptors (Lipinski definition) is 3. The van der Waals surface area contributed by atoms with Crippen molar-refractivity contribution in [2.24, 2.45) is 5.41 Å². The number of Topliss-reactive ketones (excluding diaryl/α,β-unsaturated/α-hetero) is 1. The van der Waals surface area contributed by atoms with E-state index in [4.69, 9.17) is 16.0 Å². The highest BCUT2D eigenvalue weighted by molar-refractivity contribution is 6.06. The lowest BCUT2D eigenvalue weighted by atomic mass is 9.72. The average molecular weight is 206 g/mol. The first kappa shape index (κ1) is 14.7. The van der Waals surface area contributed by atoms with Gasteiger partial charge in [-0.2, -0.15) is 0 Å². The Morgan fingerprint density at radius 3 is 2.13 bits per heavy atom. The van der Waals surface area contributed by atoms with Gasteiger partial charge in [0.1, 0.15) is 5.78 Å². The molecule has 3 nitrogen and oxygen atoms in total. The number of hydrogen-bond donors (Lipinski definition) is 1. The molecule has 0 rings (SSSR count). The zero-order valence-corrected chi connectivity index (χ0v) is 10.4. The first-order chi connectivity index (χ1) is 6.62. The summed E-state index contributed by atoms with van der Waals surface area (Å²) in [7, 11) is 11.2. The van der Waals surface area contributed by atoms with Crippen LogP contribution in [0.4, 0.5) is 0 Å². The van der Waals surface area contributed by atoms with Crippen LogP contribution in [0.1, 0.15) is 34.6 Å². The van der Waals surface area contributed by atoms with E-state index in [0.29, 0.717) is 6.54 Å². The Balaban J connectivity index is 4.43. The minimum Gasteiger partial charge on any atom is -0.361 e. The Kier molecular flexibility index (Phi) is 5.07. The number of carbonyl (C=O) groups excluding carboxylic acids is 1. The van der Waals surface area contributed by atoms with Crippen LogP contribution in [0.2, 0.25) is 0 Å². The van der Waals surface area contributed by atoms with Gasteiger partial charge in [0.2, 0.25) is 0 Å². The van der Waals surface area contributed by atoms with E-state index in [9.17, 15) is 4.79 Å². The number of carbonyl (C=O) groups is 1. The van der Waals surface area contributed by atoms with Crippen LogP contribution in [0.15, 0.2) is 0 Å². The summed E-state index contributed by atoms with van der Waals surface area (Å²) >= 11 is 0. The second-order valence-corrected chi connectivity index (χ2v) is 5.26. The summed E-state index contributed by atoms with van der Waals surface area (Å²) in [6.07, 6.45) is 0. The second kappa shape index (κ2) is 5.17. The maximum absolute atomic E-state index is 10.9. The molecule has 0 aliphatic rings. The van der Waals surface area contributed by atoms with Crippen molar-refractivity contribution in [2.45, 2.75) is 40.2 Å². The predicted octanol–water partition coefficient (Wildman–Crippen LogP) is 0.439. The van der Waals surface area contributed by atoms with Gasteiger partial charge < -0.3 is 10.0 Å². The molecular weight excluding hydrogens is 186 g/mol. The fraction of sp³-hybridized carbons (Fsp3) is 0.900. The molecular formula is C10H20B2N2O. The van der Waals surface area contributed by atoms with E-state index in [1.54, 1.807) is 0 Å². The van der Waals surface area contributed by atoms with E-state index in [2.05, 4.69) is 19.1 Å². The third kappa shape index (κ3) is 4.39. The molecule has 0 aliphatic carbocycles. The molecule has 0 atom stereocenters. The van der Waals surface area contributed by atoms with Crippen LogP contribution in [0.25, 0.3) is 0 Å². The van der Waals surface area contributed by atoms with Gasteiger partial charge in [0.25, 0.3) is 0 Å². The molecule has 4 radical (unpaired) electrons. The summed E-state index contributed by atoms with van der Waals surface area (Å²) in [5.74, 6) is 0.0619. The topological polar surface area (TPSA) is 32.3 Å². The summed E-state index contributed by atoms with van der Waals surface area (Å²) in [5.41, 5.74) is -0.382. The molecule has 0 spiro atoms. The molecule has 0 aromatic heterocycles. The van der Waals surface area contributed by atoms with E-state index in [0.717, 1.165) is 0 Å². The number of ketones is 1. The predicted molar refractivity (Wildman–Crippen MR) is 64.8 cm³/mol. The zero-order valence-electron chi connectivity index (χ0n) is 10.4. The van der Waals surface area contributed by atoms with Crippen molar-refractivity contribution in [2.75, 3.05) is 13.1 Å². The second-order valence-electron chi connectivity index (χ2n) is 5.26. The van der Waals surface area contributed by atoms with Gasteiger partial charge in [0.05, 0.1) is 0 Å². The molecule has 0 aliphatic heterocycles. The summed E-state index contributed by atoms with van der Waals surface area (Å²) in [4.78, 5) is 12.4. The third-order valence-electron chi connectivity index (χ3n) is 3.08. The molecule has 1 N–H and O–H groups in total. The molecule has 0 saturated heterocycles. The number of nitrogens with one attached hydrogen (secondary N) is 1. The zero-order chi connectivity index (χ0) is 12.3. The minimum atomic E-state index is -0.249. The van der Waals surface area contributed by atoms with Crippen molar-refractivity contribution < 1.29 is 4.79 Å². The first-order valence-corrected chi connectivity index (χ1v) is 5.09. The van der Waals surface area contributed by atoms with Gasteiger partial charge in [-0.3, -0.25) is 4.79 Å². The maximum Gasteiger partial charge on any atom is 0.183 e. The Morgan fingerprint density at radius 1 is 1.33 bits per heavy atom. The van der Waals surface area contributed by atoms with Crippen molar-refractivity contribution in [3.63, 3.8) is 0 Å². The quantitative estimate of drug-likeness (QED) is 0.639. The van der Waals surface area contributed by atoms with E-state index in [1.807, 2.05) is 13.8 Å². The highest BCUT2D eigenvalue weighted by Crippen LogP contribution is 2.30. The fourth-order valence-electron chi connectivity index (χ4n) is 1.24. The highest BCUT2D eigenvalue weighted by atomic mass is 16.1. The Morgan fingerprint density at radius 2 is 1.80 bits per heavy atom. The van der Waals surface area contributed by atoms with E-state index >= 15 is 0 Å². The van der Waals surface area contributed by atoms with Gasteiger partial charge in [-0.1, -0.05) is 13.8 Å². The molecule has 15 heavy (non-hydrogen) atoms. The van der Waals surface area contributed by atoms with E-state index in [1.165, 1.54) is 11.7 Å². The lowest BCUT2D eigenvalue weighted by Gasteiger charge is -2.44. The molecule has 0 fully saturated rings.